The Morgan fingerprint density at radius 1 is 1.18 bits per heavy atom. The lowest BCUT2D eigenvalue weighted by Gasteiger charge is -2.31. The average Bonchev–Trinajstić information content (AvgIpc) is 3.00. The number of pyridine rings is 2. The molecule has 4 rings (SSSR count). The van der Waals surface area contributed by atoms with Gasteiger partial charge in [0, 0.05) is 49.3 Å². The molecule has 2 aromatic rings. The number of hydrogen-bond acceptors (Lipinski definition) is 9. The molecular weight excluding hydrogens is 554 g/mol. The number of ether oxygens (including phenoxy) is 3. The number of carbonyl (C=O) groups is 1. The van der Waals surface area contributed by atoms with Crippen LogP contribution in [-0.4, -0.2) is 66.1 Å². The Labute approximate surface area is 263 Å². The highest BCUT2D eigenvalue weighted by Crippen LogP contribution is 2.31. The van der Waals surface area contributed by atoms with E-state index in [0.717, 1.165) is 73.3 Å². The van der Waals surface area contributed by atoms with Crippen LogP contribution in [0.2, 0.25) is 0 Å². The Bertz CT molecular complexity index is 1270. The van der Waals surface area contributed by atoms with Gasteiger partial charge in [0.05, 0.1) is 23.8 Å². The maximum absolute atomic E-state index is 12.2. The van der Waals surface area contributed by atoms with Gasteiger partial charge in [-0.3, -0.25) is 4.98 Å². The third-order valence-corrected chi connectivity index (χ3v) is 8.68. The second-order valence-electron chi connectivity index (χ2n) is 13.8. The minimum absolute atomic E-state index is 0.155. The molecule has 9 nitrogen and oxygen atoms in total. The number of esters is 1. The third kappa shape index (κ3) is 9.98. The molecule has 2 fully saturated rings. The molecule has 2 atom stereocenters. The Hall–Kier alpha value is -3.06. The van der Waals surface area contributed by atoms with E-state index in [4.69, 9.17) is 24.2 Å². The van der Waals surface area contributed by atoms with Crippen molar-refractivity contribution in [3.63, 3.8) is 0 Å². The molecule has 2 N–H and O–H groups in total. The molecule has 1 saturated carbocycles. The zero-order chi connectivity index (χ0) is 31.7. The van der Waals surface area contributed by atoms with Crippen molar-refractivity contribution in [3.8, 4) is 17.3 Å². The molecule has 3 heterocycles. The van der Waals surface area contributed by atoms with Crippen LogP contribution in [0.4, 0.5) is 5.82 Å². The first-order chi connectivity index (χ1) is 20.9. The number of anilines is 1. The molecule has 9 heteroatoms. The second kappa shape index (κ2) is 15.3. The monoisotopic (exact) mass is 605 g/mol. The van der Waals surface area contributed by atoms with E-state index in [1.54, 1.807) is 6.92 Å². The van der Waals surface area contributed by atoms with Crippen molar-refractivity contribution in [1.82, 2.24) is 15.3 Å². The summed E-state index contributed by atoms with van der Waals surface area (Å²) in [5.41, 5.74) is 3.30. The van der Waals surface area contributed by atoms with Crippen LogP contribution in [0, 0.1) is 29.6 Å². The quantitative estimate of drug-likeness (QED) is 0.280. The van der Waals surface area contributed by atoms with E-state index in [9.17, 15) is 10.1 Å². The average molecular weight is 606 g/mol. The third-order valence-electron chi connectivity index (χ3n) is 8.68. The molecule has 0 aromatic carbocycles. The minimum atomic E-state index is -0.581. The molecular formula is C35H51N5O4. The molecule has 1 aliphatic carbocycles. The van der Waals surface area contributed by atoms with Crippen LogP contribution in [0.15, 0.2) is 30.5 Å². The summed E-state index contributed by atoms with van der Waals surface area (Å²) in [7, 11) is 0. The lowest BCUT2D eigenvalue weighted by atomic mass is 9.82. The predicted molar refractivity (Wildman–Crippen MR) is 172 cm³/mol. The van der Waals surface area contributed by atoms with Gasteiger partial charge >= 0.3 is 5.97 Å². The van der Waals surface area contributed by atoms with Gasteiger partial charge in [-0.25, -0.2) is 9.78 Å². The highest BCUT2D eigenvalue weighted by molar-refractivity contribution is 5.74. The van der Waals surface area contributed by atoms with Crippen LogP contribution in [0.5, 0.6) is 0 Å². The Kier molecular flexibility index (Phi) is 11.8. The highest BCUT2D eigenvalue weighted by atomic mass is 16.6. The Morgan fingerprint density at radius 2 is 1.91 bits per heavy atom. The number of nitrogens with one attached hydrogen (secondary N) is 2. The number of carbonyl (C=O) groups excluding carboxylic acids is 1. The summed E-state index contributed by atoms with van der Waals surface area (Å²) >= 11 is 0. The summed E-state index contributed by atoms with van der Waals surface area (Å²) in [5, 5.41) is 16.9. The van der Waals surface area contributed by atoms with Crippen molar-refractivity contribution in [2.24, 2.45) is 11.3 Å². The van der Waals surface area contributed by atoms with Gasteiger partial charge < -0.3 is 24.8 Å². The largest absolute Gasteiger partial charge is 0.458 e. The van der Waals surface area contributed by atoms with E-state index in [2.05, 4.69) is 36.6 Å². The van der Waals surface area contributed by atoms with Gasteiger partial charge in [0.2, 0.25) is 0 Å². The molecule has 2 aromatic heterocycles. The Balaban J connectivity index is 1.26. The molecule has 2 aliphatic rings. The van der Waals surface area contributed by atoms with Crippen molar-refractivity contribution < 1.29 is 19.0 Å². The molecule has 0 unspecified atom stereocenters. The van der Waals surface area contributed by atoms with Gasteiger partial charge in [0.1, 0.15) is 11.4 Å². The van der Waals surface area contributed by atoms with Crippen molar-refractivity contribution in [1.29, 1.82) is 5.26 Å². The summed E-state index contributed by atoms with van der Waals surface area (Å²) in [6, 6.07) is 11.3. The van der Waals surface area contributed by atoms with Crippen LogP contribution in [0.1, 0.15) is 84.4 Å². The molecule has 44 heavy (non-hydrogen) atoms. The predicted octanol–water partition coefficient (Wildman–Crippen LogP) is 6.01. The first kappa shape index (κ1) is 33.8. The summed E-state index contributed by atoms with van der Waals surface area (Å²) in [6.45, 7) is 13.8. The van der Waals surface area contributed by atoms with E-state index in [1.165, 1.54) is 0 Å². The van der Waals surface area contributed by atoms with Crippen LogP contribution in [0.3, 0.4) is 0 Å². The van der Waals surface area contributed by atoms with Crippen LogP contribution >= 0.6 is 0 Å². The maximum Gasteiger partial charge on any atom is 0.335 e. The van der Waals surface area contributed by atoms with E-state index < -0.39 is 17.1 Å². The van der Waals surface area contributed by atoms with Crippen LogP contribution in [0.25, 0.3) is 11.3 Å². The molecule has 0 spiro atoms. The van der Waals surface area contributed by atoms with Gasteiger partial charge in [-0.1, -0.05) is 6.07 Å². The van der Waals surface area contributed by atoms with Crippen molar-refractivity contribution >= 4 is 11.8 Å². The van der Waals surface area contributed by atoms with E-state index >= 15 is 0 Å². The highest BCUT2D eigenvalue weighted by Gasteiger charge is 2.32. The van der Waals surface area contributed by atoms with Gasteiger partial charge in [-0.05, 0) is 116 Å². The standard InChI is InChI=1S/C35H51N5O4/c1-24-20-37-29(19-30(24)31-8-7-9-32(40-31)38-23-35(22-36)14-16-42-17-15-35)18-27-10-12-28(13-11-27)39-25(2)21-43-26(3)33(41)44-34(4,5)6/h7-9,19-20,25-28,39H,10-18,21,23H2,1-6H3,(H,38,40)/t25-,26-,27?,28?/m1/s1. The topological polar surface area (TPSA) is 118 Å². The summed E-state index contributed by atoms with van der Waals surface area (Å²) in [4.78, 5) is 21.9. The lowest BCUT2D eigenvalue weighted by molar-refractivity contribution is -0.167. The number of hydrogen-bond donors (Lipinski definition) is 2. The summed E-state index contributed by atoms with van der Waals surface area (Å²) < 4.78 is 16.7. The zero-order valence-electron chi connectivity index (χ0n) is 27.4. The summed E-state index contributed by atoms with van der Waals surface area (Å²) in [5.74, 6) is 1.06. The normalized spacial score (nSPS) is 21.6. The Morgan fingerprint density at radius 3 is 2.59 bits per heavy atom. The molecule has 1 aliphatic heterocycles. The second-order valence-corrected chi connectivity index (χ2v) is 13.8. The van der Waals surface area contributed by atoms with E-state index in [-0.39, 0.29) is 12.0 Å². The number of aryl methyl sites for hydroxylation is 1. The smallest absolute Gasteiger partial charge is 0.335 e. The van der Waals surface area contributed by atoms with E-state index in [0.29, 0.717) is 38.3 Å². The zero-order valence-corrected chi connectivity index (χ0v) is 27.4. The van der Waals surface area contributed by atoms with Crippen molar-refractivity contribution in [3.05, 3.63) is 41.7 Å². The van der Waals surface area contributed by atoms with Crippen molar-refractivity contribution in [2.75, 3.05) is 31.7 Å². The lowest BCUT2D eigenvalue weighted by Crippen LogP contribution is -2.42. The minimum Gasteiger partial charge on any atom is -0.458 e. The van der Waals surface area contributed by atoms with Crippen LogP contribution < -0.4 is 10.6 Å². The fraction of sp³-hybridized carbons (Fsp3) is 0.657. The number of nitrogens with zero attached hydrogens (tertiary/aromatic N) is 3. The molecule has 1 saturated heterocycles. The molecule has 0 amide bonds. The van der Waals surface area contributed by atoms with Crippen molar-refractivity contribution in [2.45, 2.75) is 110 Å². The van der Waals surface area contributed by atoms with Gasteiger partial charge in [-0.15, -0.1) is 0 Å². The SMILES string of the molecule is Cc1cnc(CC2CCC(N[C@H](C)CO[C@H](C)C(=O)OC(C)(C)C)CC2)cc1-c1cccc(NCC2(C#N)CCOCC2)n1. The van der Waals surface area contributed by atoms with Gasteiger partial charge in [0.15, 0.2) is 6.10 Å². The molecule has 0 bridgehead atoms. The number of rotatable bonds is 12. The van der Waals surface area contributed by atoms with E-state index in [1.807, 2.05) is 45.2 Å². The maximum atomic E-state index is 12.2. The first-order valence-electron chi connectivity index (χ1n) is 16.2. The van der Waals surface area contributed by atoms with Gasteiger partial charge in [0.25, 0.3) is 0 Å². The molecule has 240 valence electrons. The first-order valence-corrected chi connectivity index (χ1v) is 16.2. The van der Waals surface area contributed by atoms with Crippen LogP contribution in [-0.2, 0) is 25.4 Å². The van der Waals surface area contributed by atoms with Gasteiger partial charge in [-0.2, -0.15) is 5.26 Å². The molecule has 0 radical (unpaired) electrons. The fourth-order valence-electron chi connectivity index (χ4n) is 6.01. The number of nitriles is 1. The fourth-order valence-corrected chi connectivity index (χ4v) is 6.01. The number of aromatic nitrogens is 2. The summed E-state index contributed by atoms with van der Waals surface area (Å²) in [6.07, 6.45) is 8.34.